The molecule has 0 aliphatic carbocycles. The normalized spacial score (nSPS) is 12.3. The molecule has 0 aliphatic rings. The average Bonchev–Trinajstić information content (AvgIpc) is 3.11. The number of Topliss-reactive ketones (excluding diaryl/α,β-unsaturated/α-hetero) is 1. The first-order chi connectivity index (χ1) is 15.5. The highest BCUT2D eigenvalue weighted by molar-refractivity contribution is 8.00. The first kappa shape index (κ1) is 24.3. The molecule has 0 saturated heterocycles. The number of hydrogen-bond donors (Lipinski definition) is 2. The lowest BCUT2D eigenvalue weighted by molar-refractivity contribution is -0.115. The number of rotatable bonds is 8. The number of nitrogens with two attached hydrogens (primary N) is 1. The van der Waals surface area contributed by atoms with Crippen LogP contribution in [0.1, 0.15) is 56.4 Å². The number of anilines is 1. The maximum Gasteiger partial charge on any atom is 0.237 e. The third-order valence-electron chi connectivity index (χ3n) is 5.01. The molecular weight excluding hydrogens is 438 g/mol. The molecule has 0 aliphatic heterocycles. The van der Waals surface area contributed by atoms with Gasteiger partial charge in [0, 0.05) is 11.3 Å². The third-order valence-corrected chi connectivity index (χ3v) is 6.07. The van der Waals surface area contributed by atoms with E-state index in [2.05, 4.69) is 36.3 Å². The van der Waals surface area contributed by atoms with Crippen LogP contribution < -0.4 is 15.9 Å². The molecule has 1 aromatic heterocycles. The minimum absolute atomic E-state index is 0.0651. The van der Waals surface area contributed by atoms with Gasteiger partial charge in [-0.05, 0) is 49.1 Å². The van der Waals surface area contributed by atoms with Gasteiger partial charge in [0.15, 0.2) is 11.6 Å². The van der Waals surface area contributed by atoms with Gasteiger partial charge in [0.05, 0.1) is 5.25 Å². The van der Waals surface area contributed by atoms with Gasteiger partial charge in [-0.3, -0.25) is 9.59 Å². The van der Waals surface area contributed by atoms with E-state index in [9.17, 15) is 9.59 Å². The lowest BCUT2D eigenvalue weighted by Crippen LogP contribution is -2.24. The molecule has 0 saturated carbocycles. The van der Waals surface area contributed by atoms with Crippen LogP contribution in [-0.2, 0) is 16.8 Å². The van der Waals surface area contributed by atoms with Crippen LogP contribution in [0.15, 0.2) is 53.7 Å². The predicted octanol–water partition coefficient (Wildman–Crippen LogP) is 4.19. The highest BCUT2D eigenvalue weighted by atomic mass is 32.2. The van der Waals surface area contributed by atoms with E-state index in [0.29, 0.717) is 28.0 Å². The number of carbonyl (C=O) groups is 2. The standard InChI is InChI=1S/C24H29N5O3S/c1-15(30)17-7-6-8-19(13-17)26-22(31)16(2)33-23-28-27-21(29(23)25)14-32-20-11-9-18(10-12-20)24(3,4)5/h6-13,16H,14,25H2,1-5H3,(H,26,31). The molecule has 0 spiro atoms. The number of carbonyl (C=O) groups excluding carboxylic acids is 2. The molecule has 3 N–H and O–H groups in total. The zero-order valence-corrected chi connectivity index (χ0v) is 20.3. The van der Waals surface area contributed by atoms with Crippen molar-refractivity contribution in [1.29, 1.82) is 0 Å². The van der Waals surface area contributed by atoms with Crippen LogP contribution in [0.5, 0.6) is 5.75 Å². The number of amides is 1. The largest absolute Gasteiger partial charge is 0.486 e. The maximum atomic E-state index is 12.6. The number of aromatic nitrogens is 3. The van der Waals surface area contributed by atoms with Gasteiger partial charge in [-0.1, -0.05) is 56.8 Å². The Hall–Kier alpha value is -3.33. The van der Waals surface area contributed by atoms with Crippen molar-refractivity contribution < 1.29 is 14.3 Å². The van der Waals surface area contributed by atoms with Crippen LogP contribution in [-0.4, -0.2) is 31.8 Å². The fourth-order valence-corrected chi connectivity index (χ4v) is 3.75. The van der Waals surface area contributed by atoms with E-state index >= 15 is 0 Å². The van der Waals surface area contributed by atoms with E-state index in [1.807, 2.05) is 24.3 Å². The second kappa shape index (κ2) is 10.1. The minimum Gasteiger partial charge on any atom is -0.486 e. The van der Waals surface area contributed by atoms with Crippen LogP contribution in [0, 0.1) is 0 Å². The molecule has 1 amide bonds. The van der Waals surface area contributed by atoms with Crippen LogP contribution in [0.2, 0.25) is 0 Å². The molecule has 1 atom stereocenters. The molecule has 3 aromatic rings. The van der Waals surface area contributed by atoms with Gasteiger partial charge in [0.1, 0.15) is 12.4 Å². The molecule has 1 heterocycles. The predicted molar refractivity (Wildman–Crippen MR) is 130 cm³/mol. The lowest BCUT2D eigenvalue weighted by Gasteiger charge is -2.19. The fourth-order valence-electron chi connectivity index (χ4n) is 2.96. The SMILES string of the molecule is CC(=O)c1cccc(NC(=O)C(C)Sc2nnc(COc3ccc(C(C)(C)C)cc3)n2N)c1. The van der Waals surface area contributed by atoms with Crippen molar-refractivity contribution in [3.63, 3.8) is 0 Å². The van der Waals surface area contributed by atoms with Crippen molar-refractivity contribution >= 4 is 29.1 Å². The second-order valence-corrected chi connectivity index (χ2v) is 10.0. The molecular formula is C24H29N5O3S. The quantitative estimate of drug-likeness (QED) is 0.290. The fraction of sp³-hybridized carbons (Fsp3) is 0.333. The number of nitrogen functional groups attached to an aromatic ring is 1. The number of ether oxygens (including phenoxy) is 1. The van der Waals surface area contributed by atoms with Gasteiger partial charge >= 0.3 is 0 Å². The van der Waals surface area contributed by atoms with Gasteiger partial charge in [-0.2, -0.15) is 0 Å². The summed E-state index contributed by atoms with van der Waals surface area (Å²) in [5.74, 6) is 6.98. The third kappa shape index (κ3) is 6.35. The lowest BCUT2D eigenvalue weighted by atomic mass is 9.87. The number of benzene rings is 2. The summed E-state index contributed by atoms with van der Waals surface area (Å²) in [5.41, 5.74) is 2.38. The van der Waals surface area contributed by atoms with E-state index in [1.54, 1.807) is 31.2 Å². The minimum atomic E-state index is -0.490. The highest BCUT2D eigenvalue weighted by Gasteiger charge is 2.20. The van der Waals surface area contributed by atoms with Gasteiger partial charge in [-0.15, -0.1) is 10.2 Å². The Kier molecular flexibility index (Phi) is 7.43. The smallest absolute Gasteiger partial charge is 0.237 e. The van der Waals surface area contributed by atoms with E-state index in [4.69, 9.17) is 10.6 Å². The molecule has 33 heavy (non-hydrogen) atoms. The molecule has 0 bridgehead atoms. The molecule has 3 rings (SSSR count). The van der Waals surface area contributed by atoms with Crippen molar-refractivity contribution in [3.8, 4) is 5.75 Å². The van der Waals surface area contributed by atoms with Crippen LogP contribution in [0.4, 0.5) is 5.69 Å². The molecule has 0 fully saturated rings. The topological polar surface area (TPSA) is 112 Å². The Labute approximate surface area is 197 Å². The average molecular weight is 468 g/mol. The van der Waals surface area contributed by atoms with Gasteiger partial charge in [0.2, 0.25) is 11.1 Å². The zero-order chi connectivity index (χ0) is 24.2. The van der Waals surface area contributed by atoms with E-state index in [1.165, 1.54) is 28.9 Å². The van der Waals surface area contributed by atoms with Crippen LogP contribution >= 0.6 is 11.8 Å². The summed E-state index contributed by atoms with van der Waals surface area (Å²) in [4.78, 5) is 24.1. The molecule has 1 unspecified atom stereocenters. The summed E-state index contributed by atoms with van der Waals surface area (Å²) < 4.78 is 7.12. The van der Waals surface area contributed by atoms with Gasteiger partial charge in [-0.25, -0.2) is 4.68 Å². The first-order valence-electron chi connectivity index (χ1n) is 10.6. The van der Waals surface area contributed by atoms with Gasteiger partial charge < -0.3 is 15.9 Å². The summed E-state index contributed by atoms with van der Waals surface area (Å²) >= 11 is 1.19. The van der Waals surface area contributed by atoms with Crippen molar-refractivity contribution in [1.82, 2.24) is 14.9 Å². The number of nitrogens with one attached hydrogen (secondary N) is 1. The van der Waals surface area contributed by atoms with Crippen LogP contribution in [0.25, 0.3) is 0 Å². The number of nitrogens with zero attached hydrogens (tertiary/aromatic N) is 3. The van der Waals surface area contributed by atoms with E-state index in [0.717, 1.165) is 0 Å². The van der Waals surface area contributed by atoms with Crippen molar-refractivity contribution in [2.75, 3.05) is 11.2 Å². The maximum absolute atomic E-state index is 12.6. The number of ketones is 1. The summed E-state index contributed by atoms with van der Waals surface area (Å²) in [7, 11) is 0. The summed E-state index contributed by atoms with van der Waals surface area (Å²) in [6, 6.07) is 14.7. The molecule has 0 radical (unpaired) electrons. The molecule has 174 valence electrons. The molecule has 2 aromatic carbocycles. The van der Waals surface area contributed by atoms with E-state index in [-0.39, 0.29) is 23.7 Å². The van der Waals surface area contributed by atoms with Crippen molar-refractivity contribution in [2.45, 2.75) is 57.0 Å². The Morgan fingerprint density at radius 2 is 1.85 bits per heavy atom. The Balaban J connectivity index is 1.58. The van der Waals surface area contributed by atoms with Crippen molar-refractivity contribution in [2.24, 2.45) is 0 Å². The van der Waals surface area contributed by atoms with Crippen LogP contribution in [0.3, 0.4) is 0 Å². The van der Waals surface area contributed by atoms with Crippen molar-refractivity contribution in [3.05, 3.63) is 65.5 Å². The Morgan fingerprint density at radius 1 is 1.15 bits per heavy atom. The van der Waals surface area contributed by atoms with Gasteiger partial charge in [0.25, 0.3) is 0 Å². The Morgan fingerprint density at radius 3 is 2.48 bits per heavy atom. The molecule has 9 heteroatoms. The highest BCUT2D eigenvalue weighted by Crippen LogP contribution is 2.25. The monoisotopic (exact) mass is 467 g/mol. The Bertz CT molecular complexity index is 1140. The number of hydrogen-bond acceptors (Lipinski definition) is 7. The zero-order valence-electron chi connectivity index (χ0n) is 19.5. The summed E-state index contributed by atoms with van der Waals surface area (Å²) in [6.45, 7) is 9.85. The second-order valence-electron chi connectivity index (χ2n) is 8.72. The summed E-state index contributed by atoms with van der Waals surface area (Å²) in [5, 5.41) is 10.9. The summed E-state index contributed by atoms with van der Waals surface area (Å²) in [6.07, 6.45) is 0. The molecule has 8 nitrogen and oxygen atoms in total. The first-order valence-corrected chi connectivity index (χ1v) is 11.4. The number of thioether (sulfide) groups is 1. The van der Waals surface area contributed by atoms with E-state index < -0.39 is 5.25 Å².